The number of hydrogen-bond acceptors (Lipinski definition) is 7. The van der Waals surface area contributed by atoms with Crippen molar-refractivity contribution in [2.45, 2.75) is 25.9 Å². The highest BCUT2D eigenvalue weighted by Crippen LogP contribution is 2.27. The first-order valence-electron chi connectivity index (χ1n) is 7.88. The van der Waals surface area contributed by atoms with Crippen molar-refractivity contribution >= 4 is 17.5 Å². The zero-order valence-electron chi connectivity index (χ0n) is 14.6. The number of ether oxygens (including phenoxy) is 1. The molecule has 0 atom stereocenters. The number of nitrogens with zero attached hydrogens (tertiary/aromatic N) is 1. The van der Waals surface area contributed by atoms with Gasteiger partial charge in [0.25, 0.3) is 0 Å². The van der Waals surface area contributed by atoms with Crippen molar-refractivity contribution in [3.63, 3.8) is 0 Å². The SMILES string of the molecule is CCO[Si](CC[Si](OC)(OC)OC)(OCC)N1CCOCC1. The Morgan fingerprint density at radius 1 is 0.864 bits per heavy atom. The summed E-state index contributed by atoms with van der Waals surface area (Å²) in [4.78, 5) is 0. The Kier molecular flexibility index (Phi) is 9.28. The standard InChI is InChI=1S/C13H31NO6Si2/c1-6-19-21(20-7-2,14-8-10-18-11-9-14)12-13-22(15-3,16-4)17-5/h6-13H2,1-5H3. The summed E-state index contributed by atoms with van der Waals surface area (Å²) in [6.07, 6.45) is 0. The highest BCUT2D eigenvalue weighted by atomic mass is 28.4. The van der Waals surface area contributed by atoms with Gasteiger partial charge in [-0.15, -0.1) is 0 Å². The van der Waals surface area contributed by atoms with E-state index in [1.165, 1.54) is 0 Å². The molecule has 0 amide bonds. The van der Waals surface area contributed by atoms with E-state index < -0.39 is 17.5 Å². The monoisotopic (exact) mass is 353 g/mol. The van der Waals surface area contributed by atoms with Gasteiger partial charge in [0, 0.05) is 59.7 Å². The van der Waals surface area contributed by atoms with Crippen LogP contribution in [0.15, 0.2) is 0 Å². The fourth-order valence-corrected chi connectivity index (χ4v) is 9.17. The van der Waals surface area contributed by atoms with Gasteiger partial charge in [-0.25, -0.2) is 0 Å². The second-order valence-electron chi connectivity index (χ2n) is 4.97. The molecule has 132 valence electrons. The van der Waals surface area contributed by atoms with Crippen molar-refractivity contribution in [3.8, 4) is 0 Å². The lowest BCUT2D eigenvalue weighted by Gasteiger charge is -2.42. The van der Waals surface area contributed by atoms with E-state index in [-0.39, 0.29) is 0 Å². The average Bonchev–Trinajstić information content (AvgIpc) is 2.57. The number of rotatable bonds is 11. The third-order valence-corrected chi connectivity index (χ3v) is 10.9. The second-order valence-corrected chi connectivity index (χ2v) is 11.2. The van der Waals surface area contributed by atoms with Crippen LogP contribution in [0.1, 0.15) is 13.8 Å². The predicted molar refractivity (Wildman–Crippen MR) is 87.8 cm³/mol. The Bertz CT molecular complexity index is 286. The van der Waals surface area contributed by atoms with Crippen molar-refractivity contribution in [2.75, 3.05) is 60.8 Å². The molecule has 1 rings (SSSR count). The molecule has 7 nitrogen and oxygen atoms in total. The zero-order chi connectivity index (χ0) is 16.5. The van der Waals surface area contributed by atoms with Gasteiger partial charge in [-0.3, -0.25) is 4.57 Å². The molecule has 1 aliphatic rings. The summed E-state index contributed by atoms with van der Waals surface area (Å²) in [7, 11) is -0.225. The molecular formula is C13H31NO6Si2. The first kappa shape index (κ1) is 20.2. The molecule has 1 aliphatic heterocycles. The van der Waals surface area contributed by atoms with E-state index in [9.17, 15) is 0 Å². The van der Waals surface area contributed by atoms with Crippen LogP contribution in [0, 0.1) is 0 Å². The molecule has 1 fully saturated rings. The molecule has 0 aromatic rings. The summed E-state index contributed by atoms with van der Waals surface area (Å²) in [5.74, 6) is 0. The zero-order valence-corrected chi connectivity index (χ0v) is 16.6. The van der Waals surface area contributed by atoms with Crippen molar-refractivity contribution in [1.82, 2.24) is 4.57 Å². The lowest BCUT2D eigenvalue weighted by molar-refractivity contribution is 0.0310. The van der Waals surface area contributed by atoms with Gasteiger partial charge < -0.3 is 26.9 Å². The first-order chi connectivity index (χ1) is 10.6. The largest absolute Gasteiger partial charge is 0.500 e. The topological polar surface area (TPSA) is 58.6 Å². The summed E-state index contributed by atoms with van der Waals surface area (Å²) in [6.45, 7) is 8.40. The van der Waals surface area contributed by atoms with Crippen LogP contribution in [0.5, 0.6) is 0 Å². The van der Waals surface area contributed by atoms with Crippen LogP contribution >= 0.6 is 0 Å². The predicted octanol–water partition coefficient (Wildman–Crippen LogP) is 1.21. The van der Waals surface area contributed by atoms with Crippen LogP contribution in [0.4, 0.5) is 0 Å². The first-order valence-corrected chi connectivity index (χ1v) is 11.8. The lowest BCUT2D eigenvalue weighted by atomic mass is 10.5. The van der Waals surface area contributed by atoms with Crippen LogP contribution in [0.3, 0.4) is 0 Å². The van der Waals surface area contributed by atoms with Crippen molar-refractivity contribution in [1.29, 1.82) is 0 Å². The van der Waals surface area contributed by atoms with Gasteiger partial charge in [-0.1, -0.05) is 0 Å². The van der Waals surface area contributed by atoms with Crippen LogP contribution in [-0.2, 0) is 26.9 Å². The fraction of sp³-hybridized carbons (Fsp3) is 1.00. The summed E-state index contributed by atoms with van der Waals surface area (Å²) in [5.41, 5.74) is 0. The maximum atomic E-state index is 6.18. The van der Waals surface area contributed by atoms with E-state index in [1.807, 2.05) is 13.8 Å². The van der Waals surface area contributed by atoms with Gasteiger partial charge in [-0.2, -0.15) is 0 Å². The molecule has 0 aliphatic carbocycles. The highest BCUT2D eigenvalue weighted by molar-refractivity contribution is 6.68. The van der Waals surface area contributed by atoms with E-state index in [0.29, 0.717) is 19.3 Å². The molecule has 22 heavy (non-hydrogen) atoms. The number of morpholine rings is 1. The molecule has 0 saturated carbocycles. The lowest BCUT2D eigenvalue weighted by Crippen LogP contribution is -2.62. The van der Waals surface area contributed by atoms with Crippen molar-refractivity contribution < 1.29 is 26.9 Å². The molecule has 0 aromatic carbocycles. The highest BCUT2D eigenvalue weighted by Gasteiger charge is 2.49. The Morgan fingerprint density at radius 3 is 1.77 bits per heavy atom. The maximum Gasteiger partial charge on any atom is 0.500 e. The van der Waals surface area contributed by atoms with Crippen LogP contribution in [-0.4, -0.2) is 82.9 Å². The molecule has 9 heteroatoms. The minimum absolute atomic E-state index is 0.630. The molecule has 0 aromatic heterocycles. The maximum absolute atomic E-state index is 6.18. The average molecular weight is 354 g/mol. The molecule has 0 unspecified atom stereocenters. The van der Waals surface area contributed by atoms with E-state index in [2.05, 4.69) is 4.57 Å². The summed E-state index contributed by atoms with van der Waals surface area (Å²) in [6, 6.07) is 1.44. The quantitative estimate of drug-likeness (QED) is 0.517. The molecule has 1 saturated heterocycles. The van der Waals surface area contributed by atoms with Gasteiger partial charge in [-0.05, 0) is 13.8 Å². The van der Waals surface area contributed by atoms with Crippen LogP contribution in [0.25, 0.3) is 0 Å². The van der Waals surface area contributed by atoms with E-state index in [4.69, 9.17) is 26.9 Å². The van der Waals surface area contributed by atoms with Gasteiger partial charge >= 0.3 is 17.5 Å². The Labute approximate surface area is 136 Å². The van der Waals surface area contributed by atoms with Crippen molar-refractivity contribution in [2.24, 2.45) is 0 Å². The second kappa shape index (κ2) is 10.1. The van der Waals surface area contributed by atoms with Gasteiger partial charge in [0.15, 0.2) is 0 Å². The molecule has 0 radical (unpaired) electrons. The van der Waals surface area contributed by atoms with E-state index in [0.717, 1.165) is 32.3 Å². The normalized spacial score (nSPS) is 17.9. The summed E-state index contributed by atoms with van der Waals surface area (Å²) in [5, 5.41) is 0. The van der Waals surface area contributed by atoms with Gasteiger partial charge in [0.05, 0.1) is 13.2 Å². The van der Waals surface area contributed by atoms with Crippen LogP contribution < -0.4 is 0 Å². The fourth-order valence-electron chi connectivity index (χ4n) is 2.75. The minimum atomic E-state index is -2.63. The van der Waals surface area contributed by atoms with E-state index >= 15 is 0 Å². The molecule has 0 bridgehead atoms. The molecule has 0 N–H and O–H groups in total. The molecular weight excluding hydrogens is 322 g/mol. The van der Waals surface area contributed by atoms with Crippen molar-refractivity contribution in [3.05, 3.63) is 0 Å². The summed E-state index contributed by atoms with van der Waals surface area (Å²) >= 11 is 0. The van der Waals surface area contributed by atoms with E-state index in [1.54, 1.807) is 21.3 Å². The summed E-state index contributed by atoms with van der Waals surface area (Å²) < 4.78 is 36.8. The Balaban J connectivity index is 2.87. The van der Waals surface area contributed by atoms with Crippen LogP contribution in [0.2, 0.25) is 12.1 Å². The molecule has 0 spiro atoms. The van der Waals surface area contributed by atoms with Gasteiger partial charge in [0.1, 0.15) is 0 Å². The Hall–Kier alpha value is 0.154. The minimum Gasteiger partial charge on any atom is -0.383 e. The van der Waals surface area contributed by atoms with Gasteiger partial charge in [0.2, 0.25) is 0 Å². The molecule has 1 heterocycles. The smallest absolute Gasteiger partial charge is 0.383 e. The third-order valence-electron chi connectivity index (χ3n) is 3.91. The third kappa shape index (κ3) is 5.08. The number of hydrogen-bond donors (Lipinski definition) is 0. The Morgan fingerprint density at radius 2 is 1.36 bits per heavy atom.